The molecule has 0 spiro atoms. The third-order valence-electron chi connectivity index (χ3n) is 3.10. The fraction of sp³-hybridized carbons (Fsp3) is 0.571. The third kappa shape index (κ3) is 4.77. The molecule has 1 aliphatic carbocycles. The lowest BCUT2D eigenvalue weighted by molar-refractivity contribution is 0.340. The summed E-state index contributed by atoms with van der Waals surface area (Å²) < 4.78 is 32.0. The molecule has 0 bridgehead atoms. The van der Waals surface area contributed by atoms with Crippen LogP contribution in [0.2, 0.25) is 0 Å². The van der Waals surface area contributed by atoms with Gasteiger partial charge >= 0.3 is 0 Å². The van der Waals surface area contributed by atoms with Crippen LogP contribution in [0.15, 0.2) is 29.2 Å². The Morgan fingerprint density at radius 2 is 1.90 bits per heavy atom. The molecule has 0 aromatic heterocycles. The smallest absolute Gasteiger partial charge is 0.240 e. The summed E-state index contributed by atoms with van der Waals surface area (Å²) >= 11 is 0. The number of benzene rings is 1. The quantitative estimate of drug-likeness (QED) is 0.678. The van der Waals surface area contributed by atoms with Gasteiger partial charge in [-0.3, -0.25) is 0 Å². The molecule has 0 unspecified atom stereocenters. The molecule has 112 valence electrons. The Bertz CT molecular complexity index is 510. The predicted octanol–water partition coefficient (Wildman–Crippen LogP) is 1.51. The van der Waals surface area contributed by atoms with Crippen LogP contribution in [0.25, 0.3) is 0 Å². The minimum Gasteiger partial charge on any atom is -0.494 e. The second-order valence-electron chi connectivity index (χ2n) is 4.88. The minimum atomic E-state index is -3.41. The van der Waals surface area contributed by atoms with E-state index in [9.17, 15) is 8.42 Å². The monoisotopic (exact) mass is 298 g/mol. The maximum Gasteiger partial charge on any atom is 0.240 e. The van der Waals surface area contributed by atoms with Crippen molar-refractivity contribution in [1.29, 1.82) is 0 Å². The maximum atomic E-state index is 12.0. The van der Waals surface area contributed by atoms with E-state index in [-0.39, 0.29) is 4.90 Å². The first-order valence-electron chi connectivity index (χ1n) is 7.08. The van der Waals surface area contributed by atoms with Crippen LogP contribution >= 0.6 is 0 Å². The van der Waals surface area contributed by atoms with E-state index in [0.717, 1.165) is 13.0 Å². The number of hydrogen-bond donors (Lipinski definition) is 2. The molecule has 2 rings (SSSR count). The van der Waals surface area contributed by atoms with Gasteiger partial charge in [0.15, 0.2) is 0 Å². The zero-order valence-corrected chi connectivity index (χ0v) is 12.6. The second-order valence-corrected chi connectivity index (χ2v) is 6.65. The van der Waals surface area contributed by atoms with Gasteiger partial charge in [0.25, 0.3) is 0 Å². The van der Waals surface area contributed by atoms with E-state index in [2.05, 4.69) is 10.0 Å². The van der Waals surface area contributed by atoms with Gasteiger partial charge in [0.05, 0.1) is 11.5 Å². The van der Waals surface area contributed by atoms with Crippen LogP contribution in [0.4, 0.5) is 0 Å². The normalized spacial score (nSPS) is 15.2. The molecular formula is C14H22N2O3S. The van der Waals surface area contributed by atoms with E-state index in [1.165, 1.54) is 12.8 Å². The zero-order chi connectivity index (χ0) is 14.4. The molecule has 1 aromatic rings. The Labute approximate surface area is 120 Å². The van der Waals surface area contributed by atoms with Gasteiger partial charge in [0, 0.05) is 12.6 Å². The summed E-state index contributed by atoms with van der Waals surface area (Å²) in [5.41, 5.74) is 0. The zero-order valence-electron chi connectivity index (χ0n) is 11.8. The summed E-state index contributed by atoms with van der Waals surface area (Å²) in [5.74, 6) is 0.681. The van der Waals surface area contributed by atoms with Gasteiger partial charge in [0.2, 0.25) is 10.0 Å². The number of sulfonamides is 1. The highest BCUT2D eigenvalue weighted by atomic mass is 32.2. The Kier molecular flexibility index (Phi) is 5.39. The van der Waals surface area contributed by atoms with Crippen molar-refractivity contribution in [3.63, 3.8) is 0 Å². The van der Waals surface area contributed by atoms with Crippen molar-refractivity contribution >= 4 is 10.0 Å². The lowest BCUT2D eigenvalue weighted by Gasteiger charge is -2.08. The Morgan fingerprint density at radius 3 is 2.50 bits per heavy atom. The standard InChI is InChI=1S/C14H22N2O3S/c1-2-19-13-6-8-14(9-7-13)20(17,18)16-11-3-10-15-12-4-5-12/h6-9,12,15-16H,2-5,10-11H2,1H3. The number of nitrogens with one attached hydrogen (secondary N) is 2. The lowest BCUT2D eigenvalue weighted by Crippen LogP contribution is -2.28. The van der Waals surface area contributed by atoms with Crippen LogP contribution in [0.1, 0.15) is 26.2 Å². The van der Waals surface area contributed by atoms with Gasteiger partial charge in [-0.2, -0.15) is 0 Å². The van der Waals surface area contributed by atoms with Crippen molar-refractivity contribution in [3.05, 3.63) is 24.3 Å². The SMILES string of the molecule is CCOc1ccc(S(=O)(=O)NCCCNC2CC2)cc1. The summed E-state index contributed by atoms with van der Waals surface area (Å²) in [7, 11) is -3.41. The van der Waals surface area contributed by atoms with Crippen molar-refractivity contribution in [1.82, 2.24) is 10.0 Å². The van der Waals surface area contributed by atoms with E-state index in [4.69, 9.17) is 4.74 Å². The van der Waals surface area contributed by atoms with Crippen LogP contribution in [0.3, 0.4) is 0 Å². The summed E-state index contributed by atoms with van der Waals surface area (Å²) in [6.45, 7) is 3.77. The van der Waals surface area contributed by atoms with E-state index >= 15 is 0 Å². The number of rotatable bonds is 9. The predicted molar refractivity (Wildman–Crippen MR) is 78.4 cm³/mol. The molecular weight excluding hydrogens is 276 g/mol. The van der Waals surface area contributed by atoms with Crippen molar-refractivity contribution < 1.29 is 13.2 Å². The first-order chi connectivity index (χ1) is 9.62. The molecule has 5 nitrogen and oxygen atoms in total. The summed E-state index contributed by atoms with van der Waals surface area (Å²) in [4.78, 5) is 0.274. The molecule has 1 fully saturated rings. The largest absolute Gasteiger partial charge is 0.494 e. The highest BCUT2D eigenvalue weighted by molar-refractivity contribution is 7.89. The molecule has 0 saturated heterocycles. The first kappa shape index (κ1) is 15.3. The van der Waals surface area contributed by atoms with Gasteiger partial charge in [0.1, 0.15) is 5.75 Å². The molecule has 0 heterocycles. The van der Waals surface area contributed by atoms with Crippen molar-refractivity contribution in [2.45, 2.75) is 37.1 Å². The average Bonchev–Trinajstić information content (AvgIpc) is 3.23. The van der Waals surface area contributed by atoms with Crippen LogP contribution < -0.4 is 14.8 Å². The summed E-state index contributed by atoms with van der Waals surface area (Å²) in [6.07, 6.45) is 3.29. The van der Waals surface area contributed by atoms with Crippen LogP contribution in [-0.4, -0.2) is 34.2 Å². The van der Waals surface area contributed by atoms with Gasteiger partial charge < -0.3 is 10.1 Å². The Morgan fingerprint density at radius 1 is 1.20 bits per heavy atom. The van der Waals surface area contributed by atoms with Gasteiger partial charge in [-0.25, -0.2) is 13.1 Å². The van der Waals surface area contributed by atoms with Gasteiger partial charge in [-0.1, -0.05) is 0 Å². The molecule has 2 N–H and O–H groups in total. The van der Waals surface area contributed by atoms with Crippen molar-refractivity contribution in [2.24, 2.45) is 0 Å². The molecule has 0 atom stereocenters. The molecule has 6 heteroatoms. The van der Waals surface area contributed by atoms with E-state index in [1.807, 2.05) is 6.92 Å². The van der Waals surface area contributed by atoms with Crippen LogP contribution in [0, 0.1) is 0 Å². The number of ether oxygens (including phenoxy) is 1. The molecule has 20 heavy (non-hydrogen) atoms. The molecule has 1 aromatic carbocycles. The second kappa shape index (κ2) is 7.06. The summed E-state index contributed by atoms with van der Waals surface area (Å²) in [5, 5.41) is 3.35. The topological polar surface area (TPSA) is 67.4 Å². The molecule has 0 aliphatic heterocycles. The number of hydrogen-bond acceptors (Lipinski definition) is 4. The van der Waals surface area contributed by atoms with E-state index < -0.39 is 10.0 Å². The van der Waals surface area contributed by atoms with Gasteiger partial charge in [-0.05, 0) is 57.0 Å². The maximum absolute atomic E-state index is 12.0. The van der Waals surface area contributed by atoms with Crippen molar-refractivity contribution in [3.8, 4) is 5.75 Å². The molecule has 1 aliphatic rings. The fourth-order valence-corrected chi connectivity index (χ4v) is 2.93. The Balaban J connectivity index is 1.78. The van der Waals surface area contributed by atoms with E-state index in [0.29, 0.717) is 24.9 Å². The molecule has 1 saturated carbocycles. The average molecular weight is 298 g/mol. The van der Waals surface area contributed by atoms with Crippen LogP contribution in [0.5, 0.6) is 5.75 Å². The highest BCUT2D eigenvalue weighted by Gasteiger charge is 2.19. The fourth-order valence-electron chi connectivity index (χ4n) is 1.85. The van der Waals surface area contributed by atoms with E-state index in [1.54, 1.807) is 24.3 Å². The third-order valence-corrected chi connectivity index (χ3v) is 4.58. The first-order valence-corrected chi connectivity index (χ1v) is 8.56. The van der Waals surface area contributed by atoms with Gasteiger partial charge in [-0.15, -0.1) is 0 Å². The summed E-state index contributed by atoms with van der Waals surface area (Å²) in [6, 6.07) is 7.14. The molecule has 0 radical (unpaired) electrons. The minimum absolute atomic E-state index is 0.274. The highest BCUT2D eigenvalue weighted by Crippen LogP contribution is 2.18. The van der Waals surface area contributed by atoms with Crippen LogP contribution in [-0.2, 0) is 10.0 Å². The Hall–Kier alpha value is -1.11. The van der Waals surface area contributed by atoms with Crippen molar-refractivity contribution in [2.75, 3.05) is 19.7 Å². The lowest BCUT2D eigenvalue weighted by atomic mass is 10.3. The molecule has 0 amide bonds.